The summed E-state index contributed by atoms with van der Waals surface area (Å²) in [5.74, 6) is 0.0792. The molecular formula is C19H25N5O2. The Kier molecular flexibility index (Phi) is 3.67. The molecule has 7 nitrogen and oxygen atoms in total. The third-order valence-electron chi connectivity index (χ3n) is 6.15. The van der Waals surface area contributed by atoms with Gasteiger partial charge in [0.1, 0.15) is 0 Å². The van der Waals surface area contributed by atoms with E-state index in [0.717, 1.165) is 50.9 Å². The summed E-state index contributed by atoms with van der Waals surface area (Å²) in [4.78, 5) is 20.2. The van der Waals surface area contributed by atoms with Crippen LogP contribution in [-0.4, -0.2) is 49.9 Å². The van der Waals surface area contributed by atoms with E-state index in [1.54, 1.807) is 6.20 Å². The quantitative estimate of drug-likeness (QED) is 0.846. The van der Waals surface area contributed by atoms with Gasteiger partial charge in [-0.15, -0.1) is 0 Å². The van der Waals surface area contributed by atoms with Gasteiger partial charge < -0.3 is 14.2 Å². The molecule has 4 heterocycles. The van der Waals surface area contributed by atoms with Gasteiger partial charge in [0, 0.05) is 44.6 Å². The van der Waals surface area contributed by atoms with E-state index in [1.807, 2.05) is 17.2 Å². The van der Waals surface area contributed by atoms with Crippen LogP contribution in [-0.2, 0) is 23.2 Å². The molecule has 2 aromatic rings. The van der Waals surface area contributed by atoms with Crippen molar-refractivity contribution in [3.63, 3.8) is 0 Å². The number of nitrogens with zero attached hydrogens (tertiary/aromatic N) is 5. The third-order valence-corrected chi connectivity index (χ3v) is 6.15. The molecular weight excluding hydrogens is 330 g/mol. The van der Waals surface area contributed by atoms with Crippen molar-refractivity contribution < 1.29 is 9.53 Å². The van der Waals surface area contributed by atoms with Crippen molar-refractivity contribution in [2.45, 2.75) is 57.2 Å². The van der Waals surface area contributed by atoms with Gasteiger partial charge in [0.05, 0.1) is 35.4 Å². The standard InChI is InChI=1S/C19H25N5O2/c1-2-22-13-20-17-16(22)5-8-23(19(17)6-9-26-10-7-19)18(25)14-11-21-24(12-14)15-3-4-15/h11-13,15H,2-10H2,1H3. The van der Waals surface area contributed by atoms with Gasteiger partial charge in [-0.25, -0.2) is 4.98 Å². The molecule has 1 amide bonds. The van der Waals surface area contributed by atoms with E-state index in [9.17, 15) is 4.79 Å². The number of imidazole rings is 1. The first-order valence-corrected chi connectivity index (χ1v) is 9.71. The second-order valence-corrected chi connectivity index (χ2v) is 7.62. The summed E-state index contributed by atoms with van der Waals surface area (Å²) in [5, 5.41) is 4.41. The molecule has 0 aromatic carbocycles. The lowest BCUT2D eigenvalue weighted by molar-refractivity contribution is -0.0297. The fraction of sp³-hybridized carbons (Fsp3) is 0.632. The van der Waals surface area contributed by atoms with Crippen molar-refractivity contribution in [3.8, 4) is 0 Å². The predicted octanol–water partition coefficient (Wildman–Crippen LogP) is 2.14. The molecule has 0 radical (unpaired) electrons. The van der Waals surface area contributed by atoms with E-state index >= 15 is 0 Å². The number of hydrogen-bond acceptors (Lipinski definition) is 4. The van der Waals surface area contributed by atoms with Gasteiger partial charge in [-0.1, -0.05) is 0 Å². The Balaban J connectivity index is 1.53. The molecule has 2 aromatic heterocycles. The first-order chi connectivity index (χ1) is 12.7. The number of amides is 1. The van der Waals surface area contributed by atoms with E-state index in [1.165, 1.54) is 5.69 Å². The number of aryl methyl sites for hydroxylation is 1. The van der Waals surface area contributed by atoms with Crippen LogP contribution in [0.25, 0.3) is 0 Å². The van der Waals surface area contributed by atoms with Crippen LogP contribution in [0.4, 0.5) is 0 Å². The van der Waals surface area contributed by atoms with E-state index < -0.39 is 0 Å². The van der Waals surface area contributed by atoms with Gasteiger partial charge in [-0.05, 0) is 32.6 Å². The van der Waals surface area contributed by atoms with Crippen LogP contribution in [0.2, 0.25) is 0 Å². The van der Waals surface area contributed by atoms with Crippen molar-refractivity contribution in [2.75, 3.05) is 19.8 Å². The number of fused-ring (bicyclic) bond motifs is 2. The minimum Gasteiger partial charge on any atom is -0.381 e. The van der Waals surface area contributed by atoms with Gasteiger partial charge in [-0.3, -0.25) is 9.48 Å². The average molecular weight is 355 g/mol. The molecule has 0 atom stereocenters. The number of aromatic nitrogens is 4. The lowest BCUT2D eigenvalue weighted by atomic mass is 9.80. The van der Waals surface area contributed by atoms with E-state index in [4.69, 9.17) is 9.72 Å². The van der Waals surface area contributed by atoms with Gasteiger partial charge in [0.15, 0.2) is 0 Å². The third kappa shape index (κ3) is 2.33. The summed E-state index contributed by atoms with van der Waals surface area (Å²) in [6, 6.07) is 0.488. The largest absolute Gasteiger partial charge is 0.381 e. The summed E-state index contributed by atoms with van der Waals surface area (Å²) in [6.45, 7) is 5.12. The molecule has 138 valence electrons. The summed E-state index contributed by atoms with van der Waals surface area (Å²) in [5.41, 5.74) is 2.72. The minimum atomic E-state index is -0.342. The van der Waals surface area contributed by atoms with Crippen LogP contribution in [0, 0.1) is 0 Å². The number of hydrogen-bond donors (Lipinski definition) is 0. The molecule has 5 rings (SSSR count). The summed E-state index contributed by atoms with van der Waals surface area (Å²) in [6.07, 6.45) is 10.4. The predicted molar refractivity (Wildman–Crippen MR) is 94.9 cm³/mol. The molecule has 0 N–H and O–H groups in total. The highest BCUT2D eigenvalue weighted by Gasteiger charge is 2.48. The van der Waals surface area contributed by atoms with Crippen molar-refractivity contribution in [3.05, 3.63) is 35.7 Å². The highest BCUT2D eigenvalue weighted by molar-refractivity contribution is 5.94. The lowest BCUT2D eigenvalue weighted by Crippen LogP contribution is -2.56. The van der Waals surface area contributed by atoms with Crippen molar-refractivity contribution >= 4 is 5.91 Å². The first-order valence-electron chi connectivity index (χ1n) is 9.71. The Morgan fingerprint density at radius 3 is 2.88 bits per heavy atom. The Bertz CT molecular complexity index is 829. The second-order valence-electron chi connectivity index (χ2n) is 7.62. The lowest BCUT2D eigenvalue weighted by Gasteiger charge is -2.48. The SMILES string of the molecule is CCn1cnc2c1CCN(C(=O)c1cnn(C3CC3)c1)C21CCOCC1. The number of carbonyl (C=O) groups is 1. The average Bonchev–Trinajstić information content (AvgIpc) is 3.24. The van der Waals surface area contributed by atoms with E-state index in [2.05, 4.69) is 21.5 Å². The summed E-state index contributed by atoms with van der Waals surface area (Å²) in [7, 11) is 0. The van der Waals surface area contributed by atoms with E-state index in [-0.39, 0.29) is 11.4 Å². The van der Waals surface area contributed by atoms with Crippen LogP contribution in [0.1, 0.15) is 60.4 Å². The summed E-state index contributed by atoms with van der Waals surface area (Å²) < 4.78 is 9.80. The zero-order valence-electron chi connectivity index (χ0n) is 15.2. The Labute approximate surface area is 152 Å². The Hall–Kier alpha value is -2.15. The highest BCUT2D eigenvalue weighted by atomic mass is 16.5. The molecule has 1 saturated carbocycles. The maximum absolute atomic E-state index is 13.4. The molecule has 0 unspecified atom stereocenters. The Morgan fingerprint density at radius 2 is 2.15 bits per heavy atom. The van der Waals surface area contributed by atoms with E-state index in [0.29, 0.717) is 24.8 Å². The molecule has 2 aliphatic heterocycles. The zero-order chi connectivity index (χ0) is 17.7. The van der Waals surface area contributed by atoms with Gasteiger partial charge in [0.25, 0.3) is 5.91 Å². The molecule has 0 bridgehead atoms. The van der Waals surface area contributed by atoms with Crippen LogP contribution in [0.3, 0.4) is 0 Å². The first kappa shape index (κ1) is 16.1. The number of ether oxygens (including phenoxy) is 1. The van der Waals surface area contributed by atoms with Gasteiger partial charge in [-0.2, -0.15) is 5.10 Å². The van der Waals surface area contributed by atoms with Crippen LogP contribution in [0.5, 0.6) is 0 Å². The highest BCUT2D eigenvalue weighted by Crippen LogP contribution is 2.43. The van der Waals surface area contributed by atoms with Crippen LogP contribution >= 0.6 is 0 Å². The molecule has 1 saturated heterocycles. The topological polar surface area (TPSA) is 65.2 Å². The van der Waals surface area contributed by atoms with Crippen LogP contribution in [0.15, 0.2) is 18.7 Å². The van der Waals surface area contributed by atoms with Crippen molar-refractivity contribution in [1.82, 2.24) is 24.2 Å². The monoisotopic (exact) mass is 355 g/mol. The molecule has 2 fully saturated rings. The minimum absolute atomic E-state index is 0.0792. The number of carbonyl (C=O) groups excluding carboxylic acids is 1. The molecule has 1 spiro atoms. The maximum Gasteiger partial charge on any atom is 0.257 e. The smallest absolute Gasteiger partial charge is 0.257 e. The van der Waals surface area contributed by atoms with Crippen molar-refractivity contribution in [2.24, 2.45) is 0 Å². The number of rotatable bonds is 3. The molecule has 7 heteroatoms. The van der Waals surface area contributed by atoms with Crippen LogP contribution < -0.4 is 0 Å². The normalized spacial score (nSPS) is 21.8. The molecule has 1 aliphatic carbocycles. The molecule has 3 aliphatic rings. The fourth-order valence-corrected chi connectivity index (χ4v) is 4.55. The Morgan fingerprint density at radius 1 is 1.35 bits per heavy atom. The van der Waals surface area contributed by atoms with Crippen molar-refractivity contribution in [1.29, 1.82) is 0 Å². The van der Waals surface area contributed by atoms with Gasteiger partial charge >= 0.3 is 0 Å². The second kappa shape index (κ2) is 5.94. The van der Waals surface area contributed by atoms with Gasteiger partial charge in [0.2, 0.25) is 0 Å². The maximum atomic E-state index is 13.4. The summed E-state index contributed by atoms with van der Waals surface area (Å²) >= 11 is 0. The zero-order valence-corrected chi connectivity index (χ0v) is 15.2. The fourth-order valence-electron chi connectivity index (χ4n) is 4.55. The molecule has 26 heavy (non-hydrogen) atoms.